The van der Waals surface area contributed by atoms with Gasteiger partial charge < -0.3 is 9.64 Å². The van der Waals surface area contributed by atoms with E-state index < -0.39 is 0 Å². The van der Waals surface area contributed by atoms with E-state index in [1.807, 2.05) is 36.1 Å². The smallest absolute Gasteiger partial charge is 0.260 e. The van der Waals surface area contributed by atoms with Crippen LogP contribution in [0.5, 0.6) is 5.75 Å². The Morgan fingerprint density at radius 1 is 1.11 bits per heavy atom. The van der Waals surface area contributed by atoms with E-state index in [4.69, 9.17) is 16.3 Å². The fourth-order valence-electron chi connectivity index (χ4n) is 3.37. The average molecular weight is 391 g/mol. The molecule has 0 saturated carbocycles. The molecule has 27 heavy (non-hydrogen) atoms. The molecule has 0 radical (unpaired) electrons. The van der Waals surface area contributed by atoms with E-state index in [2.05, 4.69) is 11.8 Å². The zero-order valence-corrected chi connectivity index (χ0v) is 16.3. The number of hydrogen-bond donors (Lipinski definition) is 0. The van der Waals surface area contributed by atoms with Crippen LogP contribution >= 0.6 is 11.6 Å². The number of carbonyl (C=O) groups excluding carboxylic acids is 1. The third kappa shape index (κ3) is 4.99. The maximum atomic E-state index is 13.1. The summed E-state index contributed by atoms with van der Waals surface area (Å²) in [7, 11) is 0. The molecule has 3 rings (SSSR count). The third-order valence-electron chi connectivity index (χ3n) is 4.92. The van der Waals surface area contributed by atoms with E-state index in [0.717, 1.165) is 18.7 Å². The van der Waals surface area contributed by atoms with Crippen molar-refractivity contribution in [3.8, 4) is 5.75 Å². The number of halogens is 2. The lowest BCUT2D eigenvalue weighted by molar-refractivity contribution is -0.139. The highest BCUT2D eigenvalue weighted by molar-refractivity contribution is 6.32. The van der Waals surface area contributed by atoms with Crippen LogP contribution < -0.4 is 4.74 Å². The number of rotatable bonds is 5. The number of carbonyl (C=O) groups is 1. The Balaban J connectivity index is 1.56. The summed E-state index contributed by atoms with van der Waals surface area (Å²) in [6.45, 7) is 6.24. The topological polar surface area (TPSA) is 32.8 Å². The quantitative estimate of drug-likeness (QED) is 0.774. The highest BCUT2D eigenvalue weighted by Gasteiger charge is 2.32. The van der Waals surface area contributed by atoms with Crippen LogP contribution in [0.4, 0.5) is 4.39 Å². The Morgan fingerprint density at radius 2 is 1.81 bits per heavy atom. The van der Waals surface area contributed by atoms with Gasteiger partial charge in [0.2, 0.25) is 0 Å². The second kappa shape index (κ2) is 8.72. The second-order valence-electron chi connectivity index (χ2n) is 7.02. The summed E-state index contributed by atoms with van der Waals surface area (Å²) >= 11 is 6.07. The maximum Gasteiger partial charge on any atom is 0.260 e. The summed E-state index contributed by atoms with van der Waals surface area (Å²) in [6.07, 6.45) is 0. The van der Waals surface area contributed by atoms with Crippen molar-refractivity contribution in [1.82, 2.24) is 9.80 Å². The molecule has 144 valence electrons. The Morgan fingerprint density at radius 3 is 2.52 bits per heavy atom. The number of amides is 1. The molecule has 1 saturated heterocycles. The summed E-state index contributed by atoms with van der Waals surface area (Å²) in [5, 5.41) is 0.496. The zero-order chi connectivity index (χ0) is 19.4. The lowest BCUT2D eigenvalue weighted by atomic mass is 10.1. The normalized spacial score (nSPS) is 20.5. The van der Waals surface area contributed by atoms with Crippen LogP contribution in [0.1, 0.15) is 19.4 Å². The number of benzene rings is 2. The molecule has 6 heteroatoms. The molecule has 4 nitrogen and oxygen atoms in total. The van der Waals surface area contributed by atoms with Gasteiger partial charge in [-0.15, -0.1) is 0 Å². The van der Waals surface area contributed by atoms with Gasteiger partial charge >= 0.3 is 0 Å². The van der Waals surface area contributed by atoms with E-state index in [-0.39, 0.29) is 30.4 Å². The number of ether oxygens (including phenoxy) is 1. The molecule has 0 unspecified atom stereocenters. The van der Waals surface area contributed by atoms with Crippen LogP contribution in [0.3, 0.4) is 0 Å². The van der Waals surface area contributed by atoms with Gasteiger partial charge in [0.15, 0.2) is 6.61 Å². The van der Waals surface area contributed by atoms with E-state index in [9.17, 15) is 9.18 Å². The van der Waals surface area contributed by atoms with Gasteiger partial charge in [0.05, 0.1) is 5.02 Å². The maximum absolute atomic E-state index is 13.1. The Hall–Kier alpha value is -2.11. The minimum atomic E-state index is -0.228. The molecule has 0 bridgehead atoms. The van der Waals surface area contributed by atoms with Crippen molar-refractivity contribution in [2.45, 2.75) is 32.5 Å². The molecule has 0 N–H and O–H groups in total. The molecule has 0 aromatic heterocycles. The summed E-state index contributed by atoms with van der Waals surface area (Å²) in [5.41, 5.74) is 1.07. The first-order valence-corrected chi connectivity index (χ1v) is 9.47. The standard InChI is InChI=1S/C21H24ClFN2O2/c1-15-12-25(21(26)14-27-20-6-4-3-5-19(20)22)16(2)11-24(15)13-17-7-9-18(23)10-8-17/h3-10,15-16H,11-14H2,1-2H3/t15-,16+/m1/s1. The van der Waals surface area contributed by atoms with Crippen LogP contribution in [0.2, 0.25) is 5.02 Å². The average Bonchev–Trinajstić information content (AvgIpc) is 2.65. The zero-order valence-electron chi connectivity index (χ0n) is 15.6. The number of nitrogens with zero attached hydrogens (tertiary/aromatic N) is 2. The molecule has 1 heterocycles. The van der Waals surface area contributed by atoms with Crippen LogP contribution in [-0.4, -0.2) is 47.5 Å². The largest absolute Gasteiger partial charge is 0.482 e. The fraction of sp³-hybridized carbons (Fsp3) is 0.381. The van der Waals surface area contributed by atoms with E-state index in [1.54, 1.807) is 12.1 Å². The van der Waals surface area contributed by atoms with Gasteiger partial charge in [0.1, 0.15) is 11.6 Å². The summed E-state index contributed by atoms with van der Waals surface area (Å²) in [6, 6.07) is 14.0. The fourth-order valence-corrected chi connectivity index (χ4v) is 3.56. The molecule has 1 aliphatic heterocycles. The van der Waals surface area contributed by atoms with Crippen molar-refractivity contribution in [1.29, 1.82) is 0 Å². The first kappa shape index (κ1) is 19.6. The lowest BCUT2D eigenvalue weighted by Gasteiger charge is -2.44. The Labute approximate surface area is 164 Å². The van der Waals surface area contributed by atoms with Gasteiger partial charge in [-0.3, -0.25) is 9.69 Å². The van der Waals surface area contributed by atoms with Crippen LogP contribution in [0.15, 0.2) is 48.5 Å². The van der Waals surface area contributed by atoms with E-state index >= 15 is 0 Å². The van der Waals surface area contributed by atoms with Gasteiger partial charge in [-0.05, 0) is 43.7 Å². The predicted molar refractivity (Wildman–Crippen MR) is 104 cm³/mol. The SMILES string of the molecule is C[C@@H]1CN(C(=O)COc2ccccc2Cl)[C@@H](C)CN1Cc1ccc(F)cc1. The first-order valence-electron chi connectivity index (χ1n) is 9.09. The molecular formula is C21H24ClFN2O2. The van der Waals surface area contributed by atoms with Crippen LogP contribution in [0.25, 0.3) is 0 Å². The van der Waals surface area contributed by atoms with E-state index in [0.29, 0.717) is 17.3 Å². The summed E-state index contributed by atoms with van der Waals surface area (Å²) in [4.78, 5) is 16.8. The van der Waals surface area contributed by atoms with Crippen LogP contribution in [0, 0.1) is 5.82 Å². The minimum absolute atomic E-state index is 0.0290. The van der Waals surface area contributed by atoms with Crippen molar-refractivity contribution < 1.29 is 13.9 Å². The number of hydrogen-bond acceptors (Lipinski definition) is 3. The molecule has 2 aromatic rings. The van der Waals surface area contributed by atoms with Crippen LogP contribution in [-0.2, 0) is 11.3 Å². The van der Waals surface area contributed by atoms with Gasteiger partial charge in [-0.25, -0.2) is 4.39 Å². The van der Waals surface area contributed by atoms with Crippen molar-refractivity contribution >= 4 is 17.5 Å². The van der Waals surface area contributed by atoms with Gasteiger partial charge in [-0.2, -0.15) is 0 Å². The number of para-hydroxylation sites is 1. The molecule has 0 aliphatic carbocycles. The van der Waals surface area contributed by atoms with Gasteiger partial charge in [-0.1, -0.05) is 35.9 Å². The number of piperazine rings is 1. The van der Waals surface area contributed by atoms with Crippen molar-refractivity contribution in [3.05, 3.63) is 64.9 Å². The van der Waals surface area contributed by atoms with E-state index in [1.165, 1.54) is 12.1 Å². The van der Waals surface area contributed by atoms with Crippen molar-refractivity contribution in [3.63, 3.8) is 0 Å². The predicted octanol–water partition coefficient (Wildman–Crippen LogP) is 3.98. The first-order chi connectivity index (χ1) is 12.9. The Bertz CT molecular complexity index is 784. The molecular weight excluding hydrogens is 367 g/mol. The highest BCUT2D eigenvalue weighted by atomic mass is 35.5. The monoisotopic (exact) mass is 390 g/mol. The molecule has 0 spiro atoms. The van der Waals surface area contributed by atoms with Gasteiger partial charge in [0.25, 0.3) is 5.91 Å². The lowest BCUT2D eigenvalue weighted by Crippen LogP contribution is -2.58. The third-order valence-corrected chi connectivity index (χ3v) is 5.23. The summed E-state index contributed by atoms with van der Waals surface area (Å²) < 4.78 is 18.7. The molecule has 1 aliphatic rings. The molecule has 1 amide bonds. The molecule has 2 atom stereocenters. The second-order valence-corrected chi connectivity index (χ2v) is 7.43. The van der Waals surface area contributed by atoms with Gasteiger partial charge in [0, 0.05) is 31.7 Å². The highest BCUT2D eigenvalue weighted by Crippen LogP contribution is 2.24. The molecule has 1 fully saturated rings. The van der Waals surface area contributed by atoms with Crippen molar-refractivity contribution in [2.24, 2.45) is 0 Å². The minimum Gasteiger partial charge on any atom is -0.482 e. The summed E-state index contributed by atoms with van der Waals surface area (Å²) in [5.74, 6) is 0.243. The Kier molecular flexibility index (Phi) is 6.34. The molecule has 2 aromatic carbocycles. The van der Waals surface area contributed by atoms with Crippen molar-refractivity contribution in [2.75, 3.05) is 19.7 Å².